The molecule has 5 nitrogen and oxygen atoms in total. The van der Waals surface area contributed by atoms with Gasteiger partial charge in [-0.2, -0.15) is 4.98 Å². The Morgan fingerprint density at radius 2 is 2.00 bits per heavy atom. The van der Waals surface area contributed by atoms with Gasteiger partial charge in [0.2, 0.25) is 5.89 Å². The molecule has 0 bridgehead atoms. The van der Waals surface area contributed by atoms with Gasteiger partial charge < -0.3 is 15.2 Å². The zero-order chi connectivity index (χ0) is 13.0. The Morgan fingerprint density at radius 3 is 2.72 bits per heavy atom. The predicted molar refractivity (Wildman–Crippen MR) is 70.0 cm³/mol. The second-order valence-corrected chi connectivity index (χ2v) is 4.54. The number of para-hydroxylation sites is 1. The standard InChI is InChI=1S/C13H18N4O/c1-17(2)9-12-15-13(18-16-12)8-7-10-5-3-4-6-11(10)14/h3-6H,7-9,14H2,1-2H3. The summed E-state index contributed by atoms with van der Waals surface area (Å²) in [6.07, 6.45) is 1.53. The molecule has 0 unspecified atom stereocenters. The van der Waals surface area contributed by atoms with Gasteiger partial charge in [0.1, 0.15) is 0 Å². The highest BCUT2D eigenvalue weighted by Crippen LogP contribution is 2.13. The summed E-state index contributed by atoms with van der Waals surface area (Å²) in [4.78, 5) is 6.34. The maximum atomic E-state index is 5.88. The number of aryl methyl sites for hydroxylation is 2. The summed E-state index contributed by atoms with van der Waals surface area (Å²) in [6, 6.07) is 7.84. The minimum Gasteiger partial charge on any atom is -0.399 e. The van der Waals surface area contributed by atoms with Crippen LogP contribution in [0.1, 0.15) is 17.3 Å². The van der Waals surface area contributed by atoms with Gasteiger partial charge in [-0.15, -0.1) is 0 Å². The molecule has 0 aliphatic rings. The minimum atomic E-state index is 0.662. The third-order valence-corrected chi connectivity index (χ3v) is 2.63. The van der Waals surface area contributed by atoms with Gasteiger partial charge in [0, 0.05) is 12.1 Å². The molecule has 1 aromatic carbocycles. The number of nitrogens with two attached hydrogens (primary N) is 1. The van der Waals surface area contributed by atoms with E-state index < -0.39 is 0 Å². The maximum absolute atomic E-state index is 5.88. The SMILES string of the molecule is CN(C)Cc1noc(CCc2ccccc2N)n1. The van der Waals surface area contributed by atoms with E-state index in [4.69, 9.17) is 10.3 Å². The number of rotatable bonds is 5. The van der Waals surface area contributed by atoms with Crippen LogP contribution < -0.4 is 5.73 Å². The van der Waals surface area contributed by atoms with E-state index in [0.29, 0.717) is 18.9 Å². The number of hydrogen-bond acceptors (Lipinski definition) is 5. The van der Waals surface area contributed by atoms with Crippen molar-refractivity contribution in [3.05, 3.63) is 41.5 Å². The van der Waals surface area contributed by atoms with Crippen LogP contribution in [-0.4, -0.2) is 29.1 Å². The van der Waals surface area contributed by atoms with E-state index in [1.165, 1.54) is 0 Å². The van der Waals surface area contributed by atoms with Crippen molar-refractivity contribution in [1.29, 1.82) is 0 Å². The fourth-order valence-corrected chi connectivity index (χ4v) is 1.74. The molecule has 0 saturated carbocycles. The molecule has 1 heterocycles. The molecule has 2 aromatic rings. The number of nitrogen functional groups attached to an aromatic ring is 1. The smallest absolute Gasteiger partial charge is 0.227 e. The van der Waals surface area contributed by atoms with E-state index in [2.05, 4.69) is 10.1 Å². The van der Waals surface area contributed by atoms with Crippen molar-refractivity contribution >= 4 is 5.69 Å². The number of hydrogen-bond donors (Lipinski definition) is 1. The molecule has 0 saturated heterocycles. The van der Waals surface area contributed by atoms with Crippen LogP contribution in [0.25, 0.3) is 0 Å². The molecule has 2 N–H and O–H groups in total. The molecule has 0 aliphatic carbocycles. The Morgan fingerprint density at radius 1 is 1.22 bits per heavy atom. The summed E-state index contributed by atoms with van der Waals surface area (Å²) >= 11 is 0. The number of anilines is 1. The second-order valence-electron chi connectivity index (χ2n) is 4.54. The topological polar surface area (TPSA) is 68.2 Å². The van der Waals surface area contributed by atoms with E-state index in [-0.39, 0.29) is 0 Å². The average Bonchev–Trinajstić information content (AvgIpc) is 2.75. The molecule has 0 amide bonds. The minimum absolute atomic E-state index is 0.662. The summed E-state index contributed by atoms with van der Waals surface area (Å²) < 4.78 is 5.20. The van der Waals surface area contributed by atoms with Crippen LogP contribution in [-0.2, 0) is 19.4 Å². The van der Waals surface area contributed by atoms with Gasteiger partial charge in [0.25, 0.3) is 0 Å². The van der Waals surface area contributed by atoms with Crippen molar-refractivity contribution in [3.8, 4) is 0 Å². The van der Waals surface area contributed by atoms with E-state index in [0.717, 1.165) is 23.5 Å². The molecule has 1 aromatic heterocycles. The molecule has 0 atom stereocenters. The predicted octanol–water partition coefficient (Wildman–Crippen LogP) is 1.50. The Hall–Kier alpha value is -1.88. The third-order valence-electron chi connectivity index (χ3n) is 2.63. The molecule has 0 radical (unpaired) electrons. The van der Waals surface area contributed by atoms with Gasteiger partial charge in [-0.1, -0.05) is 23.4 Å². The van der Waals surface area contributed by atoms with Crippen LogP contribution in [0.15, 0.2) is 28.8 Å². The average molecular weight is 246 g/mol. The molecule has 0 spiro atoms. The summed E-state index contributed by atoms with van der Waals surface area (Å²) in [6.45, 7) is 0.691. The second kappa shape index (κ2) is 5.64. The summed E-state index contributed by atoms with van der Waals surface area (Å²) in [7, 11) is 3.95. The van der Waals surface area contributed by atoms with Crippen molar-refractivity contribution in [2.24, 2.45) is 0 Å². The van der Waals surface area contributed by atoms with Gasteiger partial charge >= 0.3 is 0 Å². The number of benzene rings is 1. The van der Waals surface area contributed by atoms with Crippen LogP contribution in [0.4, 0.5) is 5.69 Å². The first kappa shape index (κ1) is 12.6. The Labute approximate surface area is 107 Å². The Kier molecular flexibility index (Phi) is 3.94. The van der Waals surface area contributed by atoms with Crippen molar-refractivity contribution in [2.45, 2.75) is 19.4 Å². The van der Waals surface area contributed by atoms with Crippen molar-refractivity contribution in [1.82, 2.24) is 15.0 Å². The zero-order valence-electron chi connectivity index (χ0n) is 10.8. The first-order chi connectivity index (χ1) is 8.65. The molecular formula is C13H18N4O. The first-order valence-corrected chi connectivity index (χ1v) is 5.94. The summed E-state index contributed by atoms with van der Waals surface area (Å²) in [5, 5.41) is 3.93. The molecule has 0 aliphatic heterocycles. The van der Waals surface area contributed by atoms with Crippen molar-refractivity contribution in [3.63, 3.8) is 0 Å². The lowest BCUT2D eigenvalue weighted by Crippen LogP contribution is -2.11. The first-order valence-electron chi connectivity index (χ1n) is 5.94. The van der Waals surface area contributed by atoms with Gasteiger partial charge in [-0.05, 0) is 32.1 Å². The fourth-order valence-electron chi connectivity index (χ4n) is 1.74. The van der Waals surface area contributed by atoms with E-state index >= 15 is 0 Å². The largest absolute Gasteiger partial charge is 0.399 e. The molecular weight excluding hydrogens is 228 g/mol. The Balaban J connectivity index is 1.94. The molecule has 96 valence electrons. The highest BCUT2D eigenvalue weighted by Gasteiger charge is 2.08. The normalized spacial score (nSPS) is 11.1. The van der Waals surface area contributed by atoms with Gasteiger partial charge in [-0.25, -0.2) is 0 Å². The van der Waals surface area contributed by atoms with E-state index in [1.54, 1.807) is 0 Å². The van der Waals surface area contributed by atoms with E-state index in [9.17, 15) is 0 Å². The fraction of sp³-hybridized carbons (Fsp3) is 0.385. The van der Waals surface area contributed by atoms with Crippen molar-refractivity contribution in [2.75, 3.05) is 19.8 Å². The van der Waals surface area contributed by atoms with Crippen LogP contribution in [0.5, 0.6) is 0 Å². The highest BCUT2D eigenvalue weighted by atomic mass is 16.5. The zero-order valence-corrected chi connectivity index (χ0v) is 10.8. The monoisotopic (exact) mass is 246 g/mol. The highest BCUT2D eigenvalue weighted by molar-refractivity contribution is 5.46. The quantitative estimate of drug-likeness (QED) is 0.810. The van der Waals surface area contributed by atoms with Crippen LogP contribution in [0, 0.1) is 0 Å². The molecule has 0 fully saturated rings. The molecule has 5 heteroatoms. The van der Waals surface area contributed by atoms with Crippen LogP contribution in [0.3, 0.4) is 0 Å². The lowest BCUT2D eigenvalue weighted by molar-refractivity contribution is 0.349. The Bertz CT molecular complexity index is 507. The molecule has 2 rings (SSSR count). The summed E-state index contributed by atoms with van der Waals surface area (Å²) in [5.74, 6) is 1.38. The van der Waals surface area contributed by atoms with E-state index in [1.807, 2.05) is 43.3 Å². The van der Waals surface area contributed by atoms with Gasteiger partial charge in [-0.3, -0.25) is 0 Å². The maximum Gasteiger partial charge on any atom is 0.227 e. The number of aromatic nitrogens is 2. The van der Waals surface area contributed by atoms with Crippen LogP contribution >= 0.6 is 0 Å². The summed E-state index contributed by atoms with van der Waals surface area (Å²) in [5.41, 5.74) is 7.81. The van der Waals surface area contributed by atoms with Crippen LogP contribution in [0.2, 0.25) is 0 Å². The molecule has 18 heavy (non-hydrogen) atoms. The lowest BCUT2D eigenvalue weighted by atomic mass is 10.1. The third kappa shape index (κ3) is 3.30. The van der Waals surface area contributed by atoms with Crippen molar-refractivity contribution < 1.29 is 4.52 Å². The van der Waals surface area contributed by atoms with Gasteiger partial charge in [0.05, 0.1) is 6.54 Å². The lowest BCUT2D eigenvalue weighted by Gasteiger charge is -2.03. The van der Waals surface area contributed by atoms with Gasteiger partial charge in [0.15, 0.2) is 5.82 Å². The number of nitrogens with zero attached hydrogens (tertiary/aromatic N) is 3.